The standard InChI is InChI=1S/C20H17FN4O3S/c1-27-15-8-4-5-9-16(15)28-10-11-29-20-23-19(13-6-2-3-7-14(13)21)22-17-12-18(26)24-25(17)20/h2-9,12H,10-11H2,1H3,(H,24,26). The van der Waals surface area contributed by atoms with Gasteiger partial charge in [0.2, 0.25) is 0 Å². The molecule has 0 amide bonds. The SMILES string of the molecule is COc1ccccc1OCCSc1nc(-c2ccccc2F)nc2cc(=O)[nH]n12. The summed E-state index contributed by atoms with van der Waals surface area (Å²) >= 11 is 1.36. The Bertz CT molecular complexity index is 1210. The highest BCUT2D eigenvalue weighted by Gasteiger charge is 2.14. The van der Waals surface area contributed by atoms with E-state index in [1.807, 2.05) is 24.3 Å². The summed E-state index contributed by atoms with van der Waals surface area (Å²) in [6.07, 6.45) is 0. The highest BCUT2D eigenvalue weighted by molar-refractivity contribution is 7.99. The van der Waals surface area contributed by atoms with Crippen molar-refractivity contribution in [1.29, 1.82) is 0 Å². The molecule has 4 aromatic rings. The Labute approximate surface area is 169 Å². The predicted octanol–water partition coefficient (Wildman–Crippen LogP) is 3.40. The minimum absolute atomic E-state index is 0.218. The summed E-state index contributed by atoms with van der Waals surface area (Å²) < 4.78 is 26.7. The first-order valence-corrected chi connectivity index (χ1v) is 9.77. The number of ether oxygens (including phenoxy) is 2. The minimum Gasteiger partial charge on any atom is -0.493 e. The number of hydrogen-bond donors (Lipinski definition) is 1. The number of benzene rings is 2. The van der Waals surface area contributed by atoms with E-state index in [1.165, 1.54) is 28.4 Å². The molecule has 2 heterocycles. The zero-order valence-corrected chi connectivity index (χ0v) is 16.3. The number of fused-ring (bicyclic) bond motifs is 1. The van der Waals surface area contributed by atoms with E-state index >= 15 is 0 Å². The summed E-state index contributed by atoms with van der Waals surface area (Å²) in [5.74, 6) is 1.63. The molecule has 0 saturated heterocycles. The molecule has 29 heavy (non-hydrogen) atoms. The summed E-state index contributed by atoms with van der Waals surface area (Å²) in [4.78, 5) is 20.5. The molecular weight excluding hydrogens is 395 g/mol. The van der Waals surface area contributed by atoms with Crippen molar-refractivity contribution in [2.24, 2.45) is 0 Å². The highest BCUT2D eigenvalue weighted by atomic mass is 32.2. The second-order valence-electron chi connectivity index (χ2n) is 5.97. The smallest absolute Gasteiger partial charge is 0.266 e. The monoisotopic (exact) mass is 412 g/mol. The Kier molecular flexibility index (Phi) is 5.48. The average molecular weight is 412 g/mol. The number of halogens is 1. The summed E-state index contributed by atoms with van der Waals surface area (Å²) in [5.41, 5.74) is 0.337. The van der Waals surface area contributed by atoms with Gasteiger partial charge in [-0.2, -0.15) is 0 Å². The van der Waals surface area contributed by atoms with Crippen molar-refractivity contribution in [3.05, 3.63) is 70.8 Å². The summed E-state index contributed by atoms with van der Waals surface area (Å²) in [5, 5.41) is 3.14. The van der Waals surface area contributed by atoms with E-state index in [1.54, 1.807) is 25.3 Å². The molecule has 7 nitrogen and oxygen atoms in total. The van der Waals surface area contributed by atoms with Gasteiger partial charge in [-0.15, -0.1) is 0 Å². The minimum atomic E-state index is -0.426. The summed E-state index contributed by atoms with van der Waals surface area (Å²) in [6, 6.07) is 15.0. The third-order valence-electron chi connectivity index (χ3n) is 4.08. The van der Waals surface area contributed by atoms with Crippen LogP contribution in [0.5, 0.6) is 11.5 Å². The number of thioether (sulfide) groups is 1. The van der Waals surface area contributed by atoms with Gasteiger partial charge in [-0.3, -0.25) is 9.89 Å². The lowest BCUT2D eigenvalue weighted by molar-refractivity contribution is 0.313. The van der Waals surface area contributed by atoms with Crippen molar-refractivity contribution in [2.75, 3.05) is 19.5 Å². The molecule has 2 aromatic heterocycles. The van der Waals surface area contributed by atoms with Crippen LogP contribution in [0.2, 0.25) is 0 Å². The number of para-hydroxylation sites is 2. The van der Waals surface area contributed by atoms with Crippen molar-refractivity contribution in [2.45, 2.75) is 5.16 Å². The number of hydrogen-bond acceptors (Lipinski definition) is 6. The zero-order chi connectivity index (χ0) is 20.2. The second-order valence-corrected chi connectivity index (χ2v) is 7.03. The van der Waals surface area contributed by atoms with Crippen LogP contribution in [0, 0.1) is 5.82 Å². The van der Waals surface area contributed by atoms with E-state index in [0.29, 0.717) is 34.7 Å². The molecule has 0 fully saturated rings. The molecule has 0 unspecified atom stereocenters. The molecule has 0 saturated carbocycles. The molecule has 148 valence electrons. The number of aromatic nitrogens is 4. The van der Waals surface area contributed by atoms with Gasteiger partial charge in [-0.1, -0.05) is 36.0 Å². The zero-order valence-electron chi connectivity index (χ0n) is 15.5. The molecule has 0 radical (unpaired) electrons. The molecule has 2 aromatic carbocycles. The topological polar surface area (TPSA) is 81.5 Å². The first-order valence-electron chi connectivity index (χ1n) is 8.79. The van der Waals surface area contributed by atoms with Crippen molar-refractivity contribution in [1.82, 2.24) is 19.6 Å². The molecule has 0 aliphatic carbocycles. The molecule has 0 aliphatic rings. The fourth-order valence-corrected chi connectivity index (χ4v) is 3.53. The van der Waals surface area contributed by atoms with Crippen LogP contribution in [0.1, 0.15) is 0 Å². The molecule has 0 spiro atoms. The van der Waals surface area contributed by atoms with Crippen molar-refractivity contribution >= 4 is 17.4 Å². The average Bonchev–Trinajstić information content (AvgIpc) is 3.12. The molecule has 9 heteroatoms. The largest absolute Gasteiger partial charge is 0.493 e. The Balaban J connectivity index is 1.56. The van der Waals surface area contributed by atoms with E-state index in [2.05, 4.69) is 15.1 Å². The van der Waals surface area contributed by atoms with Gasteiger partial charge in [0, 0.05) is 11.8 Å². The molecule has 0 bridgehead atoms. The van der Waals surface area contributed by atoms with Crippen LogP contribution in [-0.4, -0.2) is 39.1 Å². The van der Waals surface area contributed by atoms with Gasteiger partial charge in [0.15, 0.2) is 28.1 Å². The van der Waals surface area contributed by atoms with Gasteiger partial charge >= 0.3 is 0 Å². The molecule has 1 N–H and O–H groups in total. The fraction of sp³-hybridized carbons (Fsp3) is 0.150. The van der Waals surface area contributed by atoms with Crippen LogP contribution < -0.4 is 15.0 Å². The summed E-state index contributed by atoms with van der Waals surface area (Å²) in [6.45, 7) is 0.386. The molecular formula is C20H17FN4O3S. The van der Waals surface area contributed by atoms with Crippen molar-refractivity contribution in [3.63, 3.8) is 0 Å². The van der Waals surface area contributed by atoms with Crippen LogP contribution in [0.3, 0.4) is 0 Å². The van der Waals surface area contributed by atoms with Crippen molar-refractivity contribution in [3.8, 4) is 22.9 Å². The van der Waals surface area contributed by atoms with E-state index in [0.717, 1.165) is 0 Å². The number of H-pyrrole nitrogens is 1. The fourth-order valence-electron chi connectivity index (χ4n) is 2.77. The number of methoxy groups -OCH3 is 1. The number of nitrogens with one attached hydrogen (secondary N) is 1. The lowest BCUT2D eigenvalue weighted by atomic mass is 10.2. The number of aromatic amines is 1. The van der Waals surface area contributed by atoms with Gasteiger partial charge in [-0.25, -0.2) is 18.9 Å². The second kappa shape index (κ2) is 8.36. The van der Waals surface area contributed by atoms with Gasteiger partial charge in [0.1, 0.15) is 5.82 Å². The van der Waals surface area contributed by atoms with Crippen LogP contribution in [-0.2, 0) is 0 Å². The van der Waals surface area contributed by atoms with E-state index in [-0.39, 0.29) is 16.9 Å². The van der Waals surface area contributed by atoms with Gasteiger partial charge in [0.05, 0.1) is 19.3 Å². The third-order valence-corrected chi connectivity index (χ3v) is 4.98. The van der Waals surface area contributed by atoms with E-state index in [4.69, 9.17) is 9.47 Å². The maximum atomic E-state index is 14.2. The van der Waals surface area contributed by atoms with Gasteiger partial charge in [-0.05, 0) is 24.3 Å². The number of nitrogens with zero attached hydrogens (tertiary/aromatic N) is 3. The predicted molar refractivity (Wildman–Crippen MR) is 108 cm³/mol. The maximum Gasteiger partial charge on any atom is 0.266 e. The Morgan fingerprint density at radius 2 is 1.86 bits per heavy atom. The first-order chi connectivity index (χ1) is 14.2. The Morgan fingerprint density at radius 3 is 2.66 bits per heavy atom. The Morgan fingerprint density at radius 1 is 1.10 bits per heavy atom. The lowest BCUT2D eigenvalue weighted by Gasteiger charge is -2.11. The first kappa shape index (κ1) is 19.0. The van der Waals surface area contributed by atoms with Crippen LogP contribution in [0.15, 0.2) is 64.5 Å². The van der Waals surface area contributed by atoms with Gasteiger partial charge in [0.25, 0.3) is 5.56 Å². The van der Waals surface area contributed by atoms with Crippen LogP contribution in [0.4, 0.5) is 4.39 Å². The lowest BCUT2D eigenvalue weighted by Crippen LogP contribution is -2.07. The van der Waals surface area contributed by atoms with Crippen LogP contribution in [0.25, 0.3) is 17.0 Å². The van der Waals surface area contributed by atoms with Crippen LogP contribution >= 0.6 is 11.8 Å². The number of rotatable bonds is 7. The maximum absolute atomic E-state index is 14.2. The van der Waals surface area contributed by atoms with E-state index < -0.39 is 5.82 Å². The quantitative estimate of drug-likeness (QED) is 0.370. The van der Waals surface area contributed by atoms with Gasteiger partial charge < -0.3 is 9.47 Å². The molecule has 0 aliphatic heterocycles. The summed E-state index contributed by atoms with van der Waals surface area (Å²) in [7, 11) is 1.58. The van der Waals surface area contributed by atoms with E-state index in [9.17, 15) is 9.18 Å². The Hall–Kier alpha value is -3.33. The third kappa shape index (κ3) is 4.09. The highest BCUT2D eigenvalue weighted by Crippen LogP contribution is 2.27. The molecule has 0 atom stereocenters. The normalized spacial score (nSPS) is 11.0. The van der Waals surface area contributed by atoms with Crippen molar-refractivity contribution < 1.29 is 13.9 Å². The molecule has 4 rings (SSSR count).